The summed E-state index contributed by atoms with van der Waals surface area (Å²) >= 11 is 1.56. The third kappa shape index (κ3) is 5.05. The van der Waals surface area contributed by atoms with Gasteiger partial charge in [0.25, 0.3) is 0 Å². The van der Waals surface area contributed by atoms with Gasteiger partial charge in [-0.15, -0.1) is 17.8 Å². The molecule has 1 fully saturated rings. The highest BCUT2D eigenvalue weighted by atomic mass is 32.1. The van der Waals surface area contributed by atoms with Gasteiger partial charge in [0.05, 0.1) is 26.0 Å². The summed E-state index contributed by atoms with van der Waals surface area (Å²) < 4.78 is 25.5. The van der Waals surface area contributed by atoms with Crippen molar-refractivity contribution in [3.8, 4) is 35.1 Å². The molecule has 3 aromatic rings. The summed E-state index contributed by atoms with van der Waals surface area (Å²) in [5.74, 6) is 4.87. The predicted octanol–water partition coefficient (Wildman–Crippen LogP) is 6.89. The Labute approximate surface area is 205 Å². The lowest BCUT2D eigenvalue weighted by atomic mass is 9.86. The Morgan fingerprint density at radius 1 is 1.12 bits per heavy atom. The summed E-state index contributed by atoms with van der Waals surface area (Å²) in [4.78, 5) is 5.95. The fourth-order valence-electron chi connectivity index (χ4n) is 4.36. The Balaban J connectivity index is 1.65. The monoisotopic (exact) mass is 478 g/mol. The van der Waals surface area contributed by atoms with E-state index in [1.54, 1.807) is 38.5 Å². The molecular formula is C28H31FN2O2S. The van der Waals surface area contributed by atoms with E-state index in [0.29, 0.717) is 17.2 Å². The van der Waals surface area contributed by atoms with Crippen molar-refractivity contribution in [2.24, 2.45) is 5.92 Å². The number of benzene rings is 2. The number of methoxy groups -OCH3 is 2. The maximum Gasteiger partial charge on any atom is 0.184 e. The van der Waals surface area contributed by atoms with Gasteiger partial charge in [0, 0.05) is 22.4 Å². The van der Waals surface area contributed by atoms with E-state index in [9.17, 15) is 4.39 Å². The second-order valence-electron chi connectivity index (χ2n) is 9.03. The van der Waals surface area contributed by atoms with Gasteiger partial charge in [0.1, 0.15) is 17.3 Å². The van der Waals surface area contributed by atoms with E-state index in [-0.39, 0.29) is 17.8 Å². The van der Waals surface area contributed by atoms with Gasteiger partial charge in [0.2, 0.25) is 0 Å². The van der Waals surface area contributed by atoms with Gasteiger partial charge >= 0.3 is 0 Å². The molecule has 2 unspecified atom stereocenters. The molecule has 178 valence electrons. The average Bonchev–Trinajstić information content (AvgIpc) is 3.58. The molecule has 0 saturated heterocycles. The standard InChI is InChI=1S/C28H31FN2O2S/c1-7-24(21(13-19-9-10-19)20-11-8-16(2)23(29)14-20)30-28-31-27(18(4)34-28)22-12-17(3)25(32-5)15-26(22)33-6/h1,8,11-12,14-15,19,21,24H,9-10,13H2,2-6H3,(H,30,31). The summed E-state index contributed by atoms with van der Waals surface area (Å²) in [5.41, 5.74) is 4.35. The van der Waals surface area contributed by atoms with Crippen LogP contribution in [0.25, 0.3) is 11.3 Å². The maximum atomic E-state index is 14.4. The molecule has 0 spiro atoms. The average molecular weight is 479 g/mol. The molecule has 1 aliphatic rings. The van der Waals surface area contributed by atoms with Crippen LogP contribution in [0, 0.1) is 44.9 Å². The Kier molecular flexibility index (Phi) is 7.13. The first-order valence-corrected chi connectivity index (χ1v) is 12.3. The van der Waals surface area contributed by atoms with Crippen LogP contribution >= 0.6 is 11.3 Å². The third-order valence-corrected chi connectivity index (χ3v) is 7.44. The molecule has 2 aromatic carbocycles. The van der Waals surface area contributed by atoms with Crippen molar-refractivity contribution < 1.29 is 13.9 Å². The molecule has 0 radical (unpaired) electrons. The van der Waals surface area contributed by atoms with Crippen molar-refractivity contribution >= 4 is 16.5 Å². The van der Waals surface area contributed by atoms with E-state index < -0.39 is 0 Å². The molecule has 1 N–H and O–H groups in total. The van der Waals surface area contributed by atoms with Crippen molar-refractivity contribution in [2.45, 2.75) is 52.0 Å². The minimum absolute atomic E-state index is 0.0121. The lowest BCUT2D eigenvalue weighted by Gasteiger charge is -2.25. The van der Waals surface area contributed by atoms with Crippen LogP contribution < -0.4 is 14.8 Å². The zero-order valence-corrected chi connectivity index (χ0v) is 21.2. The van der Waals surface area contributed by atoms with E-state index in [2.05, 4.69) is 11.2 Å². The second-order valence-corrected chi connectivity index (χ2v) is 10.2. The molecular weight excluding hydrogens is 447 g/mol. The van der Waals surface area contributed by atoms with E-state index in [4.69, 9.17) is 20.9 Å². The molecule has 0 bridgehead atoms. The van der Waals surface area contributed by atoms with Crippen LogP contribution in [0.4, 0.5) is 9.52 Å². The van der Waals surface area contributed by atoms with Gasteiger partial charge < -0.3 is 14.8 Å². The summed E-state index contributed by atoms with van der Waals surface area (Å²) in [5, 5.41) is 4.23. The topological polar surface area (TPSA) is 43.4 Å². The molecule has 1 aromatic heterocycles. The normalized spacial score (nSPS) is 14.9. The van der Waals surface area contributed by atoms with Crippen molar-refractivity contribution in [3.05, 3.63) is 57.7 Å². The number of nitrogens with zero attached hydrogens (tertiary/aromatic N) is 1. The van der Waals surface area contributed by atoms with Crippen LogP contribution in [0.15, 0.2) is 30.3 Å². The number of ether oxygens (including phenoxy) is 2. The highest BCUT2D eigenvalue weighted by molar-refractivity contribution is 7.16. The number of aryl methyl sites for hydroxylation is 3. The van der Waals surface area contributed by atoms with E-state index >= 15 is 0 Å². The number of terminal acetylenes is 1. The van der Waals surface area contributed by atoms with Gasteiger partial charge in [-0.2, -0.15) is 0 Å². The van der Waals surface area contributed by atoms with Crippen molar-refractivity contribution in [1.82, 2.24) is 4.98 Å². The first-order chi connectivity index (χ1) is 16.3. The molecule has 2 atom stereocenters. The smallest absolute Gasteiger partial charge is 0.184 e. The highest BCUT2D eigenvalue weighted by Gasteiger charge is 2.31. The Morgan fingerprint density at radius 3 is 2.47 bits per heavy atom. The lowest BCUT2D eigenvalue weighted by molar-refractivity contribution is 0.393. The van der Waals surface area contributed by atoms with Crippen molar-refractivity contribution in [1.29, 1.82) is 0 Å². The third-order valence-electron chi connectivity index (χ3n) is 6.54. The molecule has 4 rings (SSSR count). The Morgan fingerprint density at radius 2 is 1.85 bits per heavy atom. The van der Waals surface area contributed by atoms with Gasteiger partial charge in [-0.05, 0) is 61.9 Å². The molecule has 0 amide bonds. The SMILES string of the molecule is C#CC(Nc1nc(-c2cc(C)c(OC)cc2OC)c(C)s1)C(CC1CC1)c1ccc(C)c(F)c1. The number of aromatic nitrogens is 1. The second kappa shape index (κ2) is 10.1. The van der Waals surface area contributed by atoms with E-state index in [1.165, 1.54) is 12.8 Å². The van der Waals surface area contributed by atoms with Gasteiger partial charge in [-0.1, -0.05) is 30.9 Å². The molecule has 1 saturated carbocycles. The van der Waals surface area contributed by atoms with Crippen LogP contribution in [-0.2, 0) is 0 Å². The number of rotatable bonds is 9. The van der Waals surface area contributed by atoms with Crippen molar-refractivity contribution in [3.63, 3.8) is 0 Å². The molecule has 0 aliphatic heterocycles. The molecule has 4 nitrogen and oxygen atoms in total. The fourth-order valence-corrected chi connectivity index (χ4v) is 5.22. The summed E-state index contributed by atoms with van der Waals surface area (Å²) in [6.45, 7) is 5.82. The molecule has 6 heteroatoms. The van der Waals surface area contributed by atoms with Crippen LogP contribution in [0.2, 0.25) is 0 Å². The molecule has 1 aliphatic carbocycles. The van der Waals surface area contributed by atoms with E-state index in [0.717, 1.165) is 44.6 Å². The van der Waals surface area contributed by atoms with Gasteiger partial charge in [-0.3, -0.25) is 0 Å². The van der Waals surface area contributed by atoms with Crippen molar-refractivity contribution in [2.75, 3.05) is 19.5 Å². The summed E-state index contributed by atoms with van der Waals surface area (Å²) in [6.07, 6.45) is 9.37. The first-order valence-electron chi connectivity index (χ1n) is 11.5. The number of nitrogens with one attached hydrogen (secondary N) is 1. The van der Waals surface area contributed by atoms with Gasteiger partial charge in [0.15, 0.2) is 5.13 Å². The zero-order valence-electron chi connectivity index (χ0n) is 20.4. The Hall–Kier alpha value is -3.04. The quantitative estimate of drug-likeness (QED) is 0.340. The summed E-state index contributed by atoms with van der Waals surface area (Å²) in [6, 6.07) is 9.10. The minimum atomic E-state index is -0.291. The number of halogens is 1. The molecule has 1 heterocycles. The number of anilines is 1. The van der Waals surface area contributed by atoms with Crippen LogP contribution in [0.1, 0.15) is 46.7 Å². The van der Waals surface area contributed by atoms with Crippen LogP contribution in [0.3, 0.4) is 0 Å². The summed E-state index contributed by atoms with van der Waals surface area (Å²) in [7, 11) is 3.29. The fraction of sp³-hybridized carbons (Fsp3) is 0.393. The van der Waals surface area contributed by atoms with Gasteiger partial charge in [-0.25, -0.2) is 9.37 Å². The minimum Gasteiger partial charge on any atom is -0.496 e. The number of hydrogen-bond donors (Lipinski definition) is 1. The molecule has 34 heavy (non-hydrogen) atoms. The number of thiazole rings is 1. The first kappa shape index (κ1) is 24.1. The number of hydrogen-bond acceptors (Lipinski definition) is 5. The largest absolute Gasteiger partial charge is 0.496 e. The van der Waals surface area contributed by atoms with E-state index in [1.807, 2.05) is 38.1 Å². The van der Waals surface area contributed by atoms with Crippen LogP contribution in [-0.4, -0.2) is 25.2 Å². The zero-order chi connectivity index (χ0) is 24.4. The van der Waals surface area contributed by atoms with Crippen LogP contribution in [0.5, 0.6) is 11.5 Å². The highest BCUT2D eigenvalue weighted by Crippen LogP contribution is 2.42. The lowest BCUT2D eigenvalue weighted by Crippen LogP contribution is -2.26. The maximum absolute atomic E-state index is 14.4. The Bertz CT molecular complexity index is 1230. The predicted molar refractivity (Wildman–Crippen MR) is 138 cm³/mol.